The highest BCUT2D eigenvalue weighted by Gasteiger charge is 2.14. The fraction of sp³-hybridized carbons (Fsp3) is 0.600. The van der Waals surface area contributed by atoms with E-state index in [1.165, 1.54) is 0 Å². The highest BCUT2D eigenvalue weighted by Crippen LogP contribution is 2.11. The molecule has 1 amide bonds. The normalized spacial score (nSPS) is 12.4. The van der Waals surface area contributed by atoms with Crippen molar-refractivity contribution < 1.29 is 9.53 Å². The summed E-state index contributed by atoms with van der Waals surface area (Å²) in [7, 11) is 1.64. The molecule has 16 heavy (non-hydrogen) atoms. The number of halogens is 1. The molecule has 0 saturated carbocycles. The van der Waals surface area contributed by atoms with Crippen LogP contribution in [0.3, 0.4) is 0 Å². The van der Waals surface area contributed by atoms with Gasteiger partial charge in [0.1, 0.15) is 6.04 Å². The Balaban J connectivity index is 2.36. The number of hydrogen-bond acceptors (Lipinski definition) is 3. The molecule has 5 nitrogen and oxygen atoms in total. The third kappa shape index (κ3) is 3.94. The average molecular weight is 290 g/mol. The minimum atomic E-state index is -0.297. The van der Waals surface area contributed by atoms with E-state index in [4.69, 9.17) is 4.74 Å². The molecule has 0 fully saturated rings. The van der Waals surface area contributed by atoms with E-state index >= 15 is 0 Å². The topological polar surface area (TPSA) is 56.1 Å². The van der Waals surface area contributed by atoms with Gasteiger partial charge in [0.25, 0.3) is 0 Å². The van der Waals surface area contributed by atoms with Gasteiger partial charge < -0.3 is 10.1 Å². The Bertz CT molecular complexity index is 341. The summed E-state index contributed by atoms with van der Waals surface area (Å²) in [6.07, 6.45) is 4.26. The highest BCUT2D eigenvalue weighted by atomic mass is 79.9. The number of carbonyl (C=O) groups is 1. The molecule has 0 unspecified atom stereocenters. The molecule has 0 bridgehead atoms. The van der Waals surface area contributed by atoms with Crippen LogP contribution in [0.1, 0.15) is 19.4 Å². The van der Waals surface area contributed by atoms with Crippen molar-refractivity contribution in [2.45, 2.75) is 19.4 Å². The predicted octanol–water partition coefficient (Wildman–Crippen LogP) is 1.36. The molecule has 1 aromatic rings. The molecule has 1 N–H and O–H groups in total. The summed E-state index contributed by atoms with van der Waals surface area (Å²) in [5.41, 5.74) is 0. The van der Waals surface area contributed by atoms with E-state index in [0.717, 1.165) is 10.9 Å². The van der Waals surface area contributed by atoms with Gasteiger partial charge in [0.05, 0.1) is 10.7 Å². The molecular weight excluding hydrogens is 274 g/mol. The fourth-order valence-corrected chi connectivity index (χ4v) is 1.52. The molecule has 6 heteroatoms. The van der Waals surface area contributed by atoms with Crippen LogP contribution in [0.15, 0.2) is 16.9 Å². The van der Waals surface area contributed by atoms with Gasteiger partial charge in [-0.15, -0.1) is 0 Å². The number of aromatic nitrogens is 2. The molecule has 0 aliphatic carbocycles. The minimum Gasteiger partial charge on any atom is -0.385 e. The molecule has 0 saturated heterocycles. The number of nitrogens with zero attached hydrogens (tertiary/aromatic N) is 2. The quantitative estimate of drug-likeness (QED) is 0.805. The maximum absolute atomic E-state index is 11.7. The third-order valence-corrected chi connectivity index (χ3v) is 2.58. The fourth-order valence-electron chi connectivity index (χ4n) is 1.22. The second kappa shape index (κ2) is 6.65. The number of hydrogen-bond donors (Lipinski definition) is 1. The monoisotopic (exact) mass is 289 g/mol. The van der Waals surface area contributed by atoms with E-state index in [0.29, 0.717) is 13.2 Å². The summed E-state index contributed by atoms with van der Waals surface area (Å²) in [5.74, 6) is -0.0355. The van der Waals surface area contributed by atoms with E-state index in [-0.39, 0.29) is 11.9 Å². The van der Waals surface area contributed by atoms with Crippen molar-refractivity contribution in [3.8, 4) is 0 Å². The Morgan fingerprint density at radius 1 is 1.75 bits per heavy atom. The average Bonchev–Trinajstić information content (AvgIpc) is 2.70. The number of methoxy groups -OCH3 is 1. The van der Waals surface area contributed by atoms with Gasteiger partial charge in [-0.1, -0.05) is 0 Å². The molecule has 0 aliphatic heterocycles. The third-order valence-electron chi connectivity index (χ3n) is 2.17. The Hall–Kier alpha value is -0.880. The van der Waals surface area contributed by atoms with E-state index in [2.05, 4.69) is 26.3 Å². The Labute approximate surface area is 103 Å². The van der Waals surface area contributed by atoms with Crippen molar-refractivity contribution in [3.63, 3.8) is 0 Å². The number of carbonyl (C=O) groups excluding carboxylic acids is 1. The zero-order valence-corrected chi connectivity index (χ0v) is 11.0. The summed E-state index contributed by atoms with van der Waals surface area (Å²) in [4.78, 5) is 11.7. The predicted molar refractivity (Wildman–Crippen MR) is 64.1 cm³/mol. The van der Waals surface area contributed by atoms with E-state index in [1.807, 2.05) is 6.92 Å². The minimum absolute atomic E-state index is 0.0355. The highest BCUT2D eigenvalue weighted by molar-refractivity contribution is 9.10. The first kappa shape index (κ1) is 13.2. The van der Waals surface area contributed by atoms with Gasteiger partial charge >= 0.3 is 0 Å². The zero-order valence-electron chi connectivity index (χ0n) is 9.44. The lowest BCUT2D eigenvalue weighted by atomic mass is 10.3. The summed E-state index contributed by atoms with van der Waals surface area (Å²) in [6, 6.07) is -0.297. The molecule has 0 spiro atoms. The van der Waals surface area contributed by atoms with Gasteiger partial charge in [0.2, 0.25) is 5.91 Å². The van der Waals surface area contributed by atoms with Gasteiger partial charge in [0.15, 0.2) is 0 Å². The molecule has 90 valence electrons. The zero-order chi connectivity index (χ0) is 12.0. The molecule has 1 heterocycles. The summed E-state index contributed by atoms with van der Waals surface area (Å²) in [5, 5.41) is 6.90. The smallest absolute Gasteiger partial charge is 0.244 e. The van der Waals surface area contributed by atoms with Crippen molar-refractivity contribution >= 4 is 21.8 Å². The van der Waals surface area contributed by atoms with Crippen molar-refractivity contribution in [1.82, 2.24) is 15.1 Å². The standard InChI is InChI=1S/C10H16BrN3O2/c1-8(14-7-9(11)6-13-14)10(15)12-4-3-5-16-2/h6-8H,3-5H2,1-2H3,(H,12,15)/t8-/m1/s1. The van der Waals surface area contributed by atoms with Crippen LogP contribution in [-0.4, -0.2) is 35.9 Å². The van der Waals surface area contributed by atoms with Gasteiger partial charge in [-0.2, -0.15) is 5.10 Å². The molecule has 1 atom stereocenters. The van der Waals surface area contributed by atoms with Gasteiger partial charge in [-0.05, 0) is 29.3 Å². The van der Waals surface area contributed by atoms with Crippen LogP contribution in [0.5, 0.6) is 0 Å². The first-order valence-electron chi connectivity index (χ1n) is 5.11. The largest absolute Gasteiger partial charge is 0.385 e. The Kier molecular flexibility index (Phi) is 5.48. The molecular formula is C10H16BrN3O2. The number of amides is 1. The molecule has 0 radical (unpaired) electrons. The lowest BCUT2D eigenvalue weighted by Crippen LogP contribution is -2.32. The van der Waals surface area contributed by atoms with Crippen LogP contribution < -0.4 is 5.32 Å². The summed E-state index contributed by atoms with van der Waals surface area (Å²) in [6.45, 7) is 3.09. The molecule has 0 aromatic carbocycles. The second-order valence-corrected chi connectivity index (χ2v) is 4.37. The van der Waals surface area contributed by atoms with Crippen LogP contribution in [0.2, 0.25) is 0 Å². The van der Waals surface area contributed by atoms with Crippen LogP contribution >= 0.6 is 15.9 Å². The lowest BCUT2D eigenvalue weighted by Gasteiger charge is -2.12. The molecule has 0 aliphatic rings. The lowest BCUT2D eigenvalue weighted by molar-refractivity contribution is -0.124. The Morgan fingerprint density at radius 2 is 2.50 bits per heavy atom. The van der Waals surface area contributed by atoms with Gasteiger partial charge in [-0.25, -0.2) is 0 Å². The second-order valence-electron chi connectivity index (χ2n) is 3.45. The Morgan fingerprint density at radius 3 is 3.06 bits per heavy atom. The van der Waals surface area contributed by atoms with Crippen molar-refractivity contribution in [2.24, 2.45) is 0 Å². The first-order valence-corrected chi connectivity index (χ1v) is 5.90. The first-order chi connectivity index (χ1) is 7.65. The van der Waals surface area contributed by atoms with Crippen molar-refractivity contribution in [3.05, 3.63) is 16.9 Å². The number of rotatable bonds is 6. The van der Waals surface area contributed by atoms with Gasteiger partial charge in [-0.3, -0.25) is 9.48 Å². The summed E-state index contributed by atoms with van der Waals surface area (Å²) >= 11 is 3.29. The van der Waals surface area contributed by atoms with Crippen LogP contribution in [-0.2, 0) is 9.53 Å². The summed E-state index contributed by atoms with van der Waals surface area (Å²) < 4.78 is 7.38. The maximum Gasteiger partial charge on any atom is 0.244 e. The van der Waals surface area contributed by atoms with Gasteiger partial charge in [0, 0.05) is 26.5 Å². The van der Waals surface area contributed by atoms with Crippen LogP contribution in [0.25, 0.3) is 0 Å². The maximum atomic E-state index is 11.7. The van der Waals surface area contributed by atoms with Crippen LogP contribution in [0.4, 0.5) is 0 Å². The van der Waals surface area contributed by atoms with Crippen molar-refractivity contribution in [2.75, 3.05) is 20.3 Å². The number of nitrogens with one attached hydrogen (secondary N) is 1. The van der Waals surface area contributed by atoms with Crippen LogP contribution in [0, 0.1) is 0 Å². The van der Waals surface area contributed by atoms with E-state index < -0.39 is 0 Å². The van der Waals surface area contributed by atoms with Crippen molar-refractivity contribution in [1.29, 1.82) is 0 Å². The molecule has 1 aromatic heterocycles. The van der Waals surface area contributed by atoms with E-state index in [1.54, 1.807) is 24.2 Å². The SMILES string of the molecule is COCCCNC(=O)[C@@H](C)n1cc(Br)cn1. The molecule has 1 rings (SSSR count). The van der Waals surface area contributed by atoms with E-state index in [9.17, 15) is 4.79 Å². The number of ether oxygens (including phenoxy) is 1.